The van der Waals surface area contributed by atoms with Crippen LogP contribution in [-0.2, 0) is 19.7 Å². The molecule has 3 heterocycles. The van der Waals surface area contributed by atoms with Crippen molar-refractivity contribution in [1.82, 2.24) is 14.6 Å². The highest BCUT2D eigenvalue weighted by Gasteiger charge is 2.25. The molecule has 0 unspecified atom stereocenters. The van der Waals surface area contributed by atoms with Gasteiger partial charge in [0.05, 0.1) is 6.61 Å². The summed E-state index contributed by atoms with van der Waals surface area (Å²) in [6.07, 6.45) is 11.4. The zero-order valence-corrected chi connectivity index (χ0v) is 19.1. The molecular formula is C26H35N3O3. The minimum atomic E-state index is 0.242. The van der Waals surface area contributed by atoms with Gasteiger partial charge in [0.1, 0.15) is 23.8 Å². The number of ether oxygens (including phenoxy) is 1. The van der Waals surface area contributed by atoms with Gasteiger partial charge in [-0.25, -0.2) is 0 Å². The Balaban J connectivity index is 1.41. The fourth-order valence-corrected chi connectivity index (χ4v) is 5.54. The molecule has 172 valence electrons. The Kier molecular flexibility index (Phi) is 6.51. The average Bonchev–Trinajstić information content (AvgIpc) is 3.53. The topological polar surface area (TPSA) is 63.7 Å². The van der Waals surface area contributed by atoms with Crippen LogP contribution in [0.2, 0.25) is 0 Å². The normalized spacial score (nSPS) is 20.4. The Morgan fingerprint density at radius 2 is 2.00 bits per heavy atom. The van der Waals surface area contributed by atoms with Crippen molar-refractivity contribution in [2.75, 3.05) is 13.2 Å². The fraction of sp³-hybridized carbons (Fsp3) is 0.577. The second kappa shape index (κ2) is 9.67. The molecular weight excluding hydrogens is 402 g/mol. The standard InChI is InChI=1S/C26H35N3O3/c1-19-12-22(27-32-19)18-31-24-9-10-26-25(13-24)21(15-28-11-5-8-23(28)17-30)16-29(26)14-20-6-3-2-4-7-20/h9-10,12-13,16,20,23,30H,2-8,11,14-15,17-18H2,1H3/t23-/m0/s1. The molecule has 32 heavy (non-hydrogen) atoms. The summed E-state index contributed by atoms with van der Waals surface area (Å²) in [5.41, 5.74) is 3.43. The first kappa shape index (κ1) is 21.5. The molecule has 0 amide bonds. The number of likely N-dealkylation sites (tertiary alicyclic amines) is 1. The molecule has 0 spiro atoms. The first-order valence-corrected chi connectivity index (χ1v) is 12.2. The van der Waals surface area contributed by atoms with Gasteiger partial charge in [0, 0.05) is 42.3 Å². The van der Waals surface area contributed by atoms with Crippen LogP contribution in [0.3, 0.4) is 0 Å². The summed E-state index contributed by atoms with van der Waals surface area (Å²) in [5, 5.41) is 15.1. The first-order valence-electron chi connectivity index (χ1n) is 12.2. The predicted molar refractivity (Wildman–Crippen MR) is 125 cm³/mol. The summed E-state index contributed by atoms with van der Waals surface area (Å²) in [7, 11) is 0. The van der Waals surface area contributed by atoms with Gasteiger partial charge in [-0.1, -0.05) is 24.4 Å². The van der Waals surface area contributed by atoms with Crippen molar-refractivity contribution < 1.29 is 14.4 Å². The van der Waals surface area contributed by atoms with Gasteiger partial charge in [-0.05, 0) is 68.8 Å². The van der Waals surface area contributed by atoms with E-state index in [-0.39, 0.29) is 12.6 Å². The van der Waals surface area contributed by atoms with Crippen LogP contribution in [0, 0.1) is 12.8 Å². The molecule has 5 rings (SSSR count). The molecule has 1 N–H and O–H groups in total. The lowest BCUT2D eigenvalue weighted by atomic mass is 9.89. The Labute approximate surface area is 190 Å². The van der Waals surface area contributed by atoms with Crippen LogP contribution < -0.4 is 4.74 Å². The van der Waals surface area contributed by atoms with Gasteiger partial charge in [0.15, 0.2) is 0 Å². The largest absolute Gasteiger partial charge is 0.487 e. The van der Waals surface area contributed by atoms with Gasteiger partial charge in [0.25, 0.3) is 0 Å². The minimum Gasteiger partial charge on any atom is -0.487 e. The smallest absolute Gasteiger partial charge is 0.134 e. The number of aryl methyl sites for hydroxylation is 1. The van der Waals surface area contributed by atoms with Crippen LogP contribution in [0.15, 0.2) is 35.0 Å². The summed E-state index contributed by atoms with van der Waals surface area (Å²) in [5.74, 6) is 2.43. The lowest BCUT2D eigenvalue weighted by molar-refractivity contribution is 0.154. The van der Waals surface area contributed by atoms with Crippen molar-refractivity contribution >= 4 is 10.9 Å². The van der Waals surface area contributed by atoms with Crippen LogP contribution >= 0.6 is 0 Å². The molecule has 1 aliphatic carbocycles. The van der Waals surface area contributed by atoms with Crippen LogP contribution in [0.25, 0.3) is 10.9 Å². The van der Waals surface area contributed by atoms with Gasteiger partial charge in [0.2, 0.25) is 0 Å². The van der Waals surface area contributed by atoms with E-state index in [1.807, 2.05) is 13.0 Å². The number of benzene rings is 1. The Hall–Kier alpha value is -2.31. The number of aliphatic hydroxyl groups is 1. The van der Waals surface area contributed by atoms with Crippen molar-refractivity contribution in [1.29, 1.82) is 0 Å². The summed E-state index contributed by atoms with van der Waals surface area (Å²) >= 11 is 0. The molecule has 0 bridgehead atoms. The maximum atomic E-state index is 9.79. The number of aromatic nitrogens is 2. The highest BCUT2D eigenvalue weighted by molar-refractivity contribution is 5.85. The van der Waals surface area contributed by atoms with E-state index in [1.165, 1.54) is 48.6 Å². The minimum absolute atomic E-state index is 0.242. The quantitative estimate of drug-likeness (QED) is 0.534. The van der Waals surface area contributed by atoms with E-state index in [0.717, 1.165) is 55.6 Å². The second-order valence-electron chi connectivity index (χ2n) is 9.66. The molecule has 1 saturated heterocycles. The van der Waals surface area contributed by atoms with Gasteiger partial charge < -0.3 is 18.9 Å². The van der Waals surface area contributed by atoms with Crippen molar-refractivity contribution in [3.63, 3.8) is 0 Å². The van der Waals surface area contributed by atoms with Gasteiger partial charge in [-0.3, -0.25) is 4.90 Å². The van der Waals surface area contributed by atoms with Crippen LogP contribution in [0.5, 0.6) is 5.75 Å². The summed E-state index contributed by atoms with van der Waals surface area (Å²) in [4.78, 5) is 2.44. The van der Waals surface area contributed by atoms with Gasteiger partial charge >= 0.3 is 0 Å². The molecule has 1 saturated carbocycles. The highest BCUT2D eigenvalue weighted by Crippen LogP contribution is 2.32. The Morgan fingerprint density at radius 1 is 1.12 bits per heavy atom. The summed E-state index contributed by atoms with van der Waals surface area (Å²) in [6, 6.07) is 8.65. The number of fused-ring (bicyclic) bond motifs is 1. The zero-order chi connectivity index (χ0) is 21.9. The zero-order valence-electron chi connectivity index (χ0n) is 19.1. The third-order valence-electron chi connectivity index (χ3n) is 7.26. The lowest BCUT2D eigenvalue weighted by Gasteiger charge is -2.23. The molecule has 2 fully saturated rings. The van der Waals surface area contributed by atoms with E-state index in [0.29, 0.717) is 6.61 Å². The number of aliphatic hydroxyl groups excluding tert-OH is 1. The monoisotopic (exact) mass is 437 g/mol. The maximum absolute atomic E-state index is 9.79. The van der Waals surface area contributed by atoms with E-state index in [1.54, 1.807) is 0 Å². The molecule has 1 aromatic carbocycles. The second-order valence-corrected chi connectivity index (χ2v) is 9.66. The SMILES string of the molecule is Cc1cc(COc2ccc3c(c2)c(CN2CCC[C@H]2CO)cn3CC2CCCCC2)no1. The maximum Gasteiger partial charge on any atom is 0.134 e. The van der Waals surface area contributed by atoms with E-state index < -0.39 is 0 Å². The van der Waals surface area contributed by atoms with Gasteiger partial charge in [-0.15, -0.1) is 0 Å². The third-order valence-corrected chi connectivity index (χ3v) is 7.26. The molecule has 1 aliphatic heterocycles. The van der Waals surface area contributed by atoms with Crippen LogP contribution in [0.4, 0.5) is 0 Å². The van der Waals surface area contributed by atoms with Gasteiger partial charge in [-0.2, -0.15) is 0 Å². The van der Waals surface area contributed by atoms with Crippen molar-refractivity contribution in [2.45, 2.75) is 77.6 Å². The average molecular weight is 438 g/mol. The molecule has 6 heteroatoms. The lowest BCUT2D eigenvalue weighted by Crippen LogP contribution is -2.31. The molecule has 0 radical (unpaired) electrons. The highest BCUT2D eigenvalue weighted by atomic mass is 16.5. The Bertz CT molecular complexity index is 1030. The van der Waals surface area contributed by atoms with Crippen molar-refractivity contribution in [3.8, 4) is 5.75 Å². The summed E-state index contributed by atoms with van der Waals surface area (Å²) < 4.78 is 13.7. The van der Waals surface area contributed by atoms with E-state index in [2.05, 4.69) is 39.0 Å². The number of rotatable bonds is 8. The molecule has 3 aromatic rings. The van der Waals surface area contributed by atoms with Crippen LogP contribution in [-0.4, -0.2) is 38.9 Å². The van der Waals surface area contributed by atoms with Crippen LogP contribution in [0.1, 0.15) is 62.0 Å². The summed E-state index contributed by atoms with van der Waals surface area (Å²) in [6.45, 7) is 5.57. The van der Waals surface area contributed by atoms with E-state index in [4.69, 9.17) is 9.26 Å². The molecule has 2 aromatic heterocycles. The number of nitrogens with zero attached hydrogens (tertiary/aromatic N) is 3. The Morgan fingerprint density at radius 3 is 2.78 bits per heavy atom. The van der Waals surface area contributed by atoms with Crippen molar-refractivity contribution in [3.05, 3.63) is 47.5 Å². The molecule has 6 nitrogen and oxygen atoms in total. The van der Waals surface area contributed by atoms with E-state index >= 15 is 0 Å². The molecule has 1 atom stereocenters. The predicted octanol–water partition coefficient (Wildman–Crippen LogP) is 5.05. The first-order chi connectivity index (χ1) is 15.7. The van der Waals surface area contributed by atoms with Crippen molar-refractivity contribution in [2.24, 2.45) is 5.92 Å². The fourth-order valence-electron chi connectivity index (χ4n) is 5.54. The third kappa shape index (κ3) is 4.71. The number of hydrogen-bond donors (Lipinski definition) is 1. The number of hydrogen-bond acceptors (Lipinski definition) is 5. The van der Waals surface area contributed by atoms with E-state index in [9.17, 15) is 5.11 Å². The molecule has 2 aliphatic rings.